The Hall–Kier alpha value is -0.480. The summed E-state index contributed by atoms with van der Waals surface area (Å²) in [7, 11) is 2.84. The quantitative estimate of drug-likeness (QED) is 0.228. The van der Waals surface area contributed by atoms with Gasteiger partial charge in [0, 0.05) is 27.3 Å². The summed E-state index contributed by atoms with van der Waals surface area (Å²) in [6.07, 6.45) is -6.91. The summed E-state index contributed by atoms with van der Waals surface area (Å²) in [5.41, 5.74) is 21.7. The summed E-state index contributed by atoms with van der Waals surface area (Å²) in [4.78, 5) is 0. The predicted octanol–water partition coefficient (Wildman–Crippen LogP) is -5.27. The second-order valence-corrected chi connectivity index (χ2v) is 6.15. The van der Waals surface area contributed by atoms with Gasteiger partial charge in [-0.05, 0) is 0 Å². The zero-order chi connectivity index (χ0) is 20.0. The molecule has 0 unspecified atom stereocenters. The van der Waals surface area contributed by atoms with Crippen molar-refractivity contribution in [3.05, 3.63) is 0 Å². The van der Waals surface area contributed by atoms with Crippen molar-refractivity contribution < 1.29 is 39.4 Å². The topological polar surface area (TPSA) is 222 Å². The van der Waals surface area contributed by atoms with Gasteiger partial charge in [-0.15, -0.1) is 0 Å². The first kappa shape index (κ1) is 23.6. The van der Waals surface area contributed by atoms with E-state index in [-0.39, 0.29) is 13.1 Å². The zero-order valence-corrected chi connectivity index (χ0v) is 14.9. The third-order valence-corrected chi connectivity index (χ3v) is 4.43. The van der Waals surface area contributed by atoms with Gasteiger partial charge in [-0.2, -0.15) is 0 Å². The van der Waals surface area contributed by atoms with Gasteiger partial charge >= 0.3 is 0 Å². The van der Waals surface area contributed by atoms with E-state index in [0.29, 0.717) is 0 Å². The van der Waals surface area contributed by atoms with Gasteiger partial charge < -0.3 is 62.3 Å². The number of hydrogen-bond acceptors (Lipinski definition) is 12. The fourth-order valence-electron chi connectivity index (χ4n) is 2.72. The van der Waals surface area contributed by atoms with Crippen LogP contribution in [0.25, 0.3) is 0 Å². The second-order valence-electron chi connectivity index (χ2n) is 6.15. The van der Waals surface area contributed by atoms with Crippen molar-refractivity contribution in [2.75, 3.05) is 27.3 Å². The van der Waals surface area contributed by atoms with Crippen molar-refractivity contribution in [1.29, 1.82) is 0 Å². The molecular formula is C14H32N4O8. The molecular weight excluding hydrogens is 352 g/mol. The zero-order valence-electron chi connectivity index (χ0n) is 14.9. The summed E-state index contributed by atoms with van der Waals surface area (Å²) in [5, 5.41) is 37.8. The number of rotatable bonds is 4. The molecule has 0 aromatic carbocycles. The molecule has 0 radical (unpaired) electrons. The molecule has 156 valence electrons. The molecule has 12 N–H and O–H groups in total. The Morgan fingerprint density at radius 1 is 0.692 bits per heavy atom. The van der Waals surface area contributed by atoms with Crippen molar-refractivity contribution in [1.82, 2.24) is 0 Å². The minimum absolute atomic E-state index is 0.116. The van der Waals surface area contributed by atoms with E-state index in [1.54, 1.807) is 0 Å². The highest BCUT2D eigenvalue weighted by Crippen LogP contribution is 2.20. The summed E-state index contributed by atoms with van der Waals surface area (Å²) in [5.74, 6) is 0. The van der Waals surface area contributed by atoms with E-state index < -0.39 is 61.3 Å². The van der Waals surface area contributed by atoms with Gasteiger partial charge in [0.15, 0.2) is 12.6 Å². The van der Waals surface area contributed by atoms with Crippen LogP contribution < -0.4 is 22.9 Å². The van der Waals surface area contributed by atoms with E-state index in [1.165, 1.54) is 14.2 Å². The van der Waals surface area contributed by atoms with Gasteiger partial charge in [0.1, 0.15) is 36.6 Å². The number of methoxy groups -OCH3 is 2. The Morgan fingerprint density at radius 2 is 1.00 bits per heavy atom. The number of aliphatic hydroxyl groups excluding tert-OH is 4. The third kappa shape index (κ3) is 5.28. The maximum absolute atomic E-state index is 9.46. The van der Waals surface area contributed by atoms with Gasteiger partial charge in [-0.1, -0.05) is 0 Å². The van der Waals surface area contributed by atoms with Crippen LogP contribution in [0, 0.1) is 0 Å². The summed E-state index contributed by atoms with van der Waals surface area (Å²) < 4.78 is 20.2. The van der Waals surface area contributed by atoms with Gasteiger partial charge in [-0.25, -0.2) is 0 Å². The third-order valence-electron chi connectivity index (χ3n) is 4.43. The first-order chi connectivity index (χ1) is 12.2. The molecule has 2 fully saturated rings. The predicted molar refractivity (Wildman–Crippen MR) is 89.4 cm³/mol. The van der Waals surface area contributed by atoms with Crippen LogP contribution in [0.4, 0.5) is 0 Å². The van der Waals surface area contributed by atoms with E-state index in [0.717, 1.165) is 0 Å². The maximum atomic E-state index is 9.46. The summed E-state index contributed by atoms with van der Waals surface area (Å²) in [6, 6.07) is -1.49. The normalized spacial score (nSPS) is 46.4. The molecule has 2 saturated heterocycles. The van der Waals surface area contributed by atoms with Crippen LogP contribution >= 0.6 is 0 Å². The number of nitrogens with two attached hydrogens (primary N) is 4. The van der Waals surface area contributed by atoms with Crippen LogP contribution in [0.3, 0.4) is 0 Å². The van der Waals surface area contributed by atoms with E-state index >= 15 is 0 Å². The second kappa shape index (κ2) is 10.8. The molecule has 12 heteroatoms. The Kier molecular flexibility index (Phi) is 9.74. The maximum Gasteiger partial charge on any atom is 0.175 e. The number of ether oxygens (including phenoxy) is 4. The molecule has 2 rings (SSSR count). The van der Waals surface area contributed by atoms with Crippen LogP contribution in [0.1, 0.15) is 0 Å². The van der Waals surface area contributed by atoms with Crippen LogP contribution in [-0.4, -0.2) is 109 Å². The molecule has 2 aliphatic rings. The highest BCUT2D eigenvalue weighted by atomic mass is 16.7. The van der Waals surface area contributed by atoms with Gasteiger partial charge in [0.05, 0.1) is 12.1 Å². The lowest BCUT2D eigenvalue weighted by molar-refractivity contribution is -0.248. The molecule has 2 heterocycles. The molecule has 0 aromatic rings. The van der Waals surface area contributed by atoms with Crippen molar-refractivity contribution in [3.63, 3.8) is 0 Å². The first-order valence-electron chi connectivity index (χ1n) is 8.23. The van der Waals surface area contributed by atoms with Crippen LogP contribution in [0.2, 0.25) is 0 Å². The Morgan fingerprint density at radius 3 is 1.23 bits per heavy atom. The van der Waals surface area contributed by atoms with Crippen molar-refractivity contribution >= 4 is 0 Å². The van der Waals surface area contributed by atoms with Crippen molar-refractivity contribution in [2.45, 2.75) is 61.3 Å². The monoisotopic (exact) mass is 384 g/mol. The molecule has 0 amide bonds. The fourth-order valence-corrected chi connectivity index (χ4v) is 2.72. The molecule has 2 aliphatic heterocycles. The largest absolute Gasteiger partial charge is 0.388 e. The Labute approximate surface area is 151 Å². The average Bonchev–Trinajstić information content (AvgIpc) is 2.65. The van der Waals surface area contributed by atoms with Gasteiger partial charge in [0.2, 0.25) is 0 Å². The molecule has 0 bridgehead atoms. The van der Waals surface area contributed by atoms with E-state index in [2.05, 4.69) is 0 Å². The molecule has 0 saturated carbocycles. The van der Waals surface area contributed by atoms with E-state index in [4.69, 9.17) is 41.9 Å². The lowest BCUT2D eigenvalue weighted by Gasteiger charge is -2.40. The van der Waals surface area contributed by atoms with Crippen molar-refractivity contribution in [3.8, 4) is 0 Å². The smallest absolute Gasteiger partial charge is 0.175 e. The van der Waals surface area contributed by atoms with Crippen LogP contribution in [0.5, 0.6) is 0 Å². The minimum Gasteiger partial charge on any atom is -0.388 e. The SMILES string of the molecule is CO[C@H]1O[C@@H](CN)[C@@H](O)[C@H](O)[C@H]1N.CO[C@H]1O[C@H](CN)[C@@H](O)[C@H](O)[C@H]1N. The molecule has 0 aliphatic carbocycles. The fraction of sp³-hybridized carbons (Fsp3) is 1.00. The van der Waals surface area contributed by atoms with Gasteiger partial charge in [-0.3, -0.25) is 0 Å². The molecule has 26 heavy (non-hydrogen) atoms. The standard InChI is InChI=1S/2C7H16N2O4/c2*1-12-7-4(9)6(11)5(10)3(2-8)13-7/h2*3-7,10-11H,2,8-9H2,1H3/t3-,4+,5+,6+,7-;3-,4-,5-,6-,7+/m01/s1. The van der Waals surface area contributed by atoms with E-state index in [1.807, 2.05) is 0 Å². The highest BCUT2D eigenvalue weighted by molar-refractivity contribution is 4.92. The Bertz CT molecular complexity index is 333. The first-order valence-corrected chi connectivity index (χ1v) is 8.23. The van der Waals surface area contributed by atoms with Crippen LogP contribution in [0.15, 0.2) is 0 Å². The highest BCUT2D eigenvalue weighted by Gasteiger charge is 2.43. The number of hydrogen-bond donors (Lipinski definition) is 8. The number of aliphatic hydroxyl groups is 4. The van der Waals surface area contributed by atoms with E-state index in [9.17, 15) is 20.4 Å². The molecule has 0 spiro atoms. The minimum atomic E-state index is -1.06. The summed E-state index contributed by atoms with van der Waals surface area (Å²) >= 11 is 0. The molecule has 10 atom stereocenters. The average molecular weight is 384 g/mol. The van der Waals surface area contributed by atoms with Crippen molar-refractivity contribution in [2.24, 2.45) is 22.9 Å². The summed E-state index contributed by atoms with van der Waals surface area (Å²) in [6.45, 7) is 0.232. The molecule has 12 nitrogen and oxygen atoms in total. The lowest BCUT2D eigenvalue weighted by atomic mass is 9.97. The molecule has 0 aromatic heterocycles. The van der Waals surface area contributed by atoms with Crippen LogP contribution in [-0.2, 0) is 18.9 Å². The lowest BCUT2D eigenvalue weighted by Crippen LogP contribution is -2.62. The van der Waals surface area contributed by atoms with Gasteiger partial charge in [0.25, 0.3) is 0 Å². The Balaban J connectivity index is 0.000000260.